The van der Waals surface area contributed by atoms with Crippen molar-refractivity contribution in [2.75, 3.05) is 40.9 Å². The van der Waals surface area contributed by atoms with Gasteiger partial charge in [0, 0.05) is 37.9 Å². The zero-order chi connectivity index (χ0) is 23.6. The molecule has 1 saturated carbocycles. The van der Waals surface area contributed by atoms with Crippen molar-refractivity contribution in [3.05, 3.63) is 70.3 Å². The van der Waals surface area contributed by atoms with Crippen LogP contribution in [0.4, 0.5) is 22.7 Å². The van der Waals surface area contributed by atoms with Crippen molar-refractivity contribution in [2.45, 2.75) is 13.3 Å². The van der Waals surface area contributed by atoms with Crippen LogP contribution in [0.25, 0.3) is 0 Å². The number of amides is 2. The number of anilines is 3. The van der Waals surface area contributed by atoms with E-state index in [2.05, 4.69) is 30.0 Å². The lowest BCUT2D eigenvalue weighted by atomic mass is 9.85. The second-order valence-corrected chi connectivity index (χ2v) is 9.75. The summed E-state index contributed by atoms with van der Waals surface area (Å²) in [4.78, 5) is 43.3. The predicted octanol–water partition coefficient (Wildman–Crippen LogP) is 3.54. The minimum Gasteiger partial charge on any atom is -0.368 e. The van der Waals surface area contributed by atoms with E-state index >= 15 is 0 Å². The van der Waals surface area contributed by atoms with Crippen LogP contribution in [0.15, 0.2) is 54.6 Å². The lowest BCUT2D eigenvalue weighted by Gasteiger charge is -2.37. The molecule has 8 nitrogen and oxygen atoms in total. The summed E-state index contributed by atoms with van der Waals surface area (Å²) in [6, 6.07) is 13.1. The lowest BCUT2D eigenvalue weighted by molar-refractivity contribution is -0.384. The minimum atomic E-state index is -0.414. The highest BCUT2D eigenvalue weighted by atomic mass is 16.6. The summed E-state index contributed by atoms with van der Waals surface area (Å²) >= 11 is 0. The monoisotopic (exact) mass is 458 g/mol. The average molecular weight is 459 g/mol. The SMILES string of the molecule is Cc1cccc(N2CCN(c3ccc(N4C(=O)C5C6C=CC(C6)C5C4=O)cc3[N+](=O)[O-])CC2)c1. The third-order valence-corrected chi connectivity index (χ3v) is 7.87. The van der Waals surface area contributed by atoms with Crippen LogP contribution >= 0.6 is 0 Å². The van der Waals surface area contributed by atoms with Crippen molar-refractivity contribution in [1.29, 1.82) is 0 Å². The second kappa shape index (κ2) is 7.68. The maximum atomic E-state index is 13.1. The van der Waals surface area contributed by atoms with Gasteiger partial charge in [0.1, 0.15) is 5.69 Å². The number of nitrogens with zero attached hydrogens (tertiary/aromatic N) is 4. The van der Waals surface area contributed by atoms with Crippen LogP contribution in [-0.2, 0) is 9.59 Å². The highest BCUT2D eigenvalue weighted by Crippen LogP contribution is 2.53. The Bertz CT molecular complexity index is 1200. The first-order valence-corrected chi connectivity index (χ1v) is 11.8. The van der Waals surface area contributed by atoms with Crippen molar-refractivity contribution in [1.82, 2.24) is 0 Å². The van der Waals surface area contributed by atoms with Crippen molar-refractivity contribution >= 4 is 34.6 Å². The molecule has 2 aliphatic carbocycles. The predicted molar refractivity (Wildman–Crippen MR) is 129 cm³/mol. The third-order valence-electron chi connectivity index (χ3n) is 7.87. The lowest BCUT2D eigenvalue weighted by Crippen LogP contribution is -2.46. The first kappa shape index (κ1) is 20.9. The van der Waals surface area contributed by atoms with Crippen LogP contribution in [0.3, 0.4) is 0 Å². The largest absolute Gasteiger partial charge is 0.368 e. The first-order chi connectivity index (χ1) is 16.4. The molecule has 2 aromatic rings. The molecule has 0 spiro atoms. The standard InChI is InChI=1S/C26H26N4O4/c1-16-3-2-4-19(13-16)27-9-11-28(12-10-27)21-8-7-20(15-22(21)30(33)34)29-25(31)23-17-5-6-18(14-17)24(23)26(29)32/h2-8,13,15,17-18,23-24H,9-12,14H2,1H3. The van der Waals surface area contributed by atoms with E-state index < -0.39 is 4.92 Å². The van der Waals surface area contributed by atoms with E-state index in [1.807, 2.05) is 23.1 Å². The summed E-state index contributed by atoms with van der Waals surface area (Å²) in [5.74, 6) is -0.876. The topological polar surface area (TPSA) is 87.0 Å². The van der Waals surface area contributed by atoms with E-state index in [9.17, 15) is 19.7 Å². The molecule has 8 heteroatoms. The molecule has 3 fully saturated rings. The van der Waals surface area contributed by atoms with Crippen LogP contribution in [0.5, 0.6) is 0 Å². The van der Waals surface area contributed by atoms with Gasteiger partial charge in [-0.15, -0.1) is 0 Å². The van der Waals surface area contributed by atoms with Gasteiger partial charge in [-0.2, -0.15) is 0 Å². The van der Waals surface area contributed by atoms with Crippen molar-refractivity contribution in [2.24, 2.45) is 23.7 Å². The molecule has 2 heterocycles. The van der Waals surface area contributed by atoms with Crippen LogP contribution in [0.2, 0.25) is 0 Å². The van der Waals surface area contributed by atoms with Gasteiger partial charge in [0.05, 0.1) is 22.4 Å². The molecule has 4 atom stereocenters. The maximum Gasteiger partial charge on any atom is 0.294 e. The molecular weight excluding hydrogens is 432 g/mol. The number of nitro benzene ring substituents is 1. The fraction of sp³-hybridized carbons (Fsp3) is 0.385. The number of allylic oxidation sites excluding steroid dienone is 2. The molecule has 4 aliphatic rings. The fourth-order valence-electron chi connectivity index (χ4n) is 6.25. The molecule has 0 radical (unpaired) electrons. The number of rotatable bonds is 4. The number of carbonyl (C=O) groups is 2. The molecule has 0 aromatic heterocycles. The zero-order valence-electron chi connectivity index (χ0n) is 19.0. The van der Waals surface area contributed by atoms with Crippen LogP contribution in [0, 0.1) is 40.7 Å². The number of benzene rings is 2. The van der Waals surface area contributed by atoms with E-state index in [1.54, 1.807) is 12.1 Å². The van der Waals surface area contributed by atoms with E-state index in [4.69, 9.17) is 0 Å². The van der Waals surface area contributed by atoms with Crippen molar-refractivity contribution < 1.29 is 14.5 Å². The molecule has 2 amide bonds. The Morgan fingerprint density at radius 3 is 2.12 bits per heavy atom. The van der Waals surface area contributed by atoms with Gasteiger partial charge in [0.25, 0.3) is 5.69 Å². The molecule has 174 valence electrons. The van der Waals surface area contributed by atoms with Crippen molar-refractivity contribution in [3.63, 3.8) is 0 Å². The Hall–Kier alpha value is -3.68. The fourth-order valence-corrected chi connectivity index (χ4v) is 6.25. The number of imide groups is 1. The van der Waals surface area contributed by atoms with Gasteiger partial charge in [-0.3, -0.25) is 19.7 Å². The number of nitro groups is 1. The molecule has 2 aliphatic heterocycles. The van der Waals surface area contributed by atoms with Crippen molar-refractivity contribution in [3.8, 4) is 0 Å². The van der Waals surface area contributed by atoms with Gasteiger partial charge in [0.2, 0.25) is 11.8 Å². The van der Waals surface area contributed by atoms with Gasteiger partial charge >= 0.3 is 0 Å². The number of hydrogen-bond acceptors (Lipinski definition) is 6. The second-order valence-electron chi connectivity index (χ2n) is 9.75. The van der Waals surface area contributed by atoms with Gasteiger partial charge in [0.15, 0.2) is 0 Å². The molecule has 0 N–H and O–H groups in total. The maximum absolute atomic E-state index is 13.1. The van der Waals surface area contributed by atoms with Gasteiger partial charge < -0.3 is 9.80 Å². The molecule has 6 rings (SSSR count). The molecule has 4 unspecified atom stereocenters. The summed E-state index contributed by atoms with van der Waals surface area (Å²) < 4.78 is 0. The Labute approximate surface area is 197 Å². The zero-order valence-corrected chi connectivity index (χ0v) is 19.0. The van der Waals surface area contributed by atoms with E-state index in [-0.39, 0.29) is 41.2 Å². The number of aryl methyl sites for hydroxylation is 1. The normalized spacial score (nSPS) is 27.6. The highest BCUT2D eigenvalue weighted by molar-refractivity contribution is 6.23. The molecule has 2 bridgehead atoms. The van der Waals surface area contributed by atoms with Crippen LogP contribution in [-0.4, -0.2) is 42.9 Å². The molecule has 34 heavy (non-hydrogen) atoms. The quantitative estimate of drug-likeness (QED) is 0.301. The average Bonchev–Trinajstić information content (AvgIpc) is 3.52. The number of carbonyl (C=O) groups excluding carboxylic acids is 2. The number of fused-ring (bicyclic) bond motifs is 5. The Kier molecular flexibility index (Phi) is 4.72. The summed E-state index contributed by atoms with van der Waals surface area (Å²) in [5, 5.41) is 12.0. The summed E-state index contributed by atoms with van der Waals surface area (Å²) in [7, 11) is 0. The Balaban J connectivity index is 1.24. The third kappa shape index (κ3) is 3.12. The summed E-state index contributed by atoms with van der Waals surface area (Å²) in [6.07, 6.45) is 4.94. The van der Waals surface area contributed by atoms with Crippen LogP contribution in [0.1, 0.15) is 12.0 Å². The molecular formula is C26H26N4O4. The smallest absolute Gasteiger partial charge is 0.294 e. The van der Waals surface area contributed by atoms with E-state index in [1.165, 1.54) is 16.5 Å². The first-order valence-electron chi connectivity index (χ1n) is 11.8. The summed E-state index contributed by atoms with van der Waals surface area (Å²) in [5.41, 5.74) is 3.12. The minimum absolute atomic E-state index is 0.0692. The number of hydrogen-bond donors (Lipinski definition) is 0. The van der Waals surface area contributed by atoms with Gasteiger partial charge in [-0.25, -0.2) is 4.90 Å². The molecule has 2 saturated heterocycles. The van der Waals surface area contributed by atoms with E-state index in [0.717, 1.165) is 25.2 Å². The highest BCUT2D eigenvalue weighted by Gasteiger charge is 2.59. The van der Waals surface area contributed by atoms with E-state index in [0.29, 0.717) is 24.5 Å². The number of piperazine rings is 1. The Morgan fingerprint density at radius 1 is 0.853 bits per heavy atom. The molecule has 2 aromatic carbocycles. The summed E-state index contributed by atoms with van der Waals surface area (Å²) in [6.45, 7) is 4.87. The Morgan fingerprint density at radius 2 is 1.50 bits per heavy atom. The van der Waals surface area contributed by atoms with Gasteiger partial charge in [-0.05, 0) is 55.0 Å². The van der Waals surface area contributed by atoms with Gasteiger partial charge in [-0.1, -0.05) is 24.3 Å². The van der Waals surface area contributed by atoms with Crippen LogP contribution < -0.4 is 14.7 Å².